The van der Waals surface area contributed by atoms with Gasteiger partial charge in [0.2, 0.25) is 0 Å². The maximum Gasteiger partial charge on any atom is 0.416 e. The van der Waals surface area contributed by atoms with E-state index in [1.165, 1.54) is 4.68 Å². The third kappa shape index (κ3) is 5.88. The summed E-state index contributed by atoms with van der Waals surface area (Å²) in [5.41, 5.74) is 1.36. The number of H-pyrrole nitrogens is 1. The summed E-state index contributed by atoms with van der Waals surface area (Å²) in [5.74, 6) is -1.71. The van der Waals surface area contributed by atoms with Crippen LogP contribution >= 0.6 is 0 Å². The minimum atomic E-state index is -4.52. The summed E-state index contributed by atoms with van der Waals surface area (Å²) < 4.78 is 39.4. The number of hydrogen-bond donors (Lipinski definition) is 4. The van der Waals surface area contributed by atoms with E-state index in [0.29, 0.717) is 16.8 Å². The van der Waals surface area contributed by atoms with Crippen molar-refractivity contribution in [3.63, 3.8) is 0 Å². The number of carbonyl (C=O) groups is 3. The third-order valence-electron chi connectivity index (χ3n) is 5.44. The predicted molar refractivity (Wildman–Crippen MR) is 130 cm³/mol. The molecule has 2 aromatic carbocycles. The molecule has 0 fully saturated rings. The number of anilines is 2. The summed E-state index contributed by atoms with van der Waals surface area (Å²) in [6, 6.07) is 11.3. The van der Waals surface area contributed by atoms with Gasteiger partial charge in [0, 0.05) is 23.4 Å². The standard InChI is InChI=1S/C25H21F3N6O4/c1-13-11-14(2)34(33-13)22(35)16-5-3-15(4-6-16)12-19-30-20(23(36)37)21(31-19)32-24(38)29-18-9-7-17(8-10-18)25(26,27)28/h3-11H,12H2,1-2H3,(H,30,31)(H,36,37)(H2,29,32,38). The van der Waals surface area contributed by atoms with Crippen molar-refractivity contribution in [1.82, 2.24) is 19.7 Å². The lowest BCUT2D eigenvalue weighted by Crippen LogP contribution is -2.21. The first kappa shape index (κ1) is 26.1. The van der Waals surface area contributed by atoms with Gasteiger partial charge in [0.25, 0.3) is 5.91 Å². The molecule has 2 heterocycles. The number of nitrogens with zero attached hydrogens (tertiary/aromatic N) is 3. The van der Waals surface area contributed by atoms with Crippen LogP contribution in [0.15, 0.2) is 54.6 Å². The molecule has 10 nitrogen and oxygen atoms in total. The molecular formula is C25H21F3N6O4. The molecule has 0 aliphatic rings. The average Bonchev–Trinajstić information content (AvgIpc) is 3.40. The maximum atomic E-state index is 12.7. The summed E-state index contributed by atoms with van der Waals surface area (Å²) in [5, 5.41) is 18.3. The van der Waals surface area contributed by atoms with Gasteiger partial charge in [-0.3, -0.25) is 10.1 Å². The molecule has 196 valence electrons. The Kier molecular flexibility index (Phi) is 7.02. The number of benzene rings is 2. The Balaban J connectivity index is 1.44. The number of rotatable bonds is 6. The number of halogens is 3. The number of nitrogens with one attached hydrogen (secondary N) is 3. The van der Waals surface area contributed by atoms with Crippen molar-refractivity contribution in [3.8, 4) is 0 Å². The fraction of sp³-hybridized carbons (Fsp3) is 0.160. The molecule has 13 heteroatoms. The lowest BCUT2D eigenvalue weighted by Gasteiger charge is -2.09. The largest absolute Gasteiger partial charge is 0.476 e. The van der Waals surface area contributed by atoms with Gasteiger partial charge in [-0.15, -0.1) is 0 Å². The van der Waals surface area contributed by atoms with Crippen molar-refractivity contribution >= 4 is 29.4 Å². The summed E-state index contributed by atoms with van der Waals surface area (Å²) in [6.07, 6.45) is -4.35. The molecule has 4 rings (SSSR count). The van der Waals surface area contributed by atoms with Gasteiger partial charge < -0.3 is 15.4 Å². The Bertz CT molecular complexity index is 1510. The van der Waals surface area contributed by atoms with E-state index in [4.69, 9.17) is 0 Å². The van der Waals surface area contributed by atoms with E-state index in [2.05, 4.69) is 25.7 Å². The number of carbonyl (C=O) groups excluding carboxylic acids is 2. The van der Waals surface area contributed by atoms with Crippen molar-refractivity contribution < 1.29 is 32.7 Å². The summed E-state index contributed by atoms with van der Waals surface area (Å²) in [7, 11) is 0. The van der Waals surface area contributed by atoms with Gasteiger partial charge in [-0.2, -0.15) is 18.3 Å². The van der Waals surface area contributed by atoms with Crippen LogP contribution in [0.1, 0.15) is 49.2 Å². The van der Waals surface area contributed by atoms with E-state index in [-0.39, 0.29) is 35.4 Å². The second-order valence-corrected chi connectivity index (χ2v) is 8.38. The Morgan fingerprint density at radius 1 is 1.00 bits per heavy atom. The van der Waals surface area contributed by atoms with Crippen LogP contribution < -0.4 is 10.6 Å². The SMILES string of the molecule is Cc1cc(C)n(C(=O)c2ccc(Cc3nc(NC(=O)Nc4ccc(C(F)(F)F)cc4)c(C(=O)O)[nH]3)cc2)n1. The normalized spacial score (nSPS) is 11.3. The molecule has 2 amide bonds. The van der Waals surface area contributed by atoms with Gasteiger partial charge in [-0.25, -0.2) is 19.3 Å². The van der Waals surface area contributed by atoms with Crippen LogP contribution in [0, 0.1) is 13.8 Å². The summed E-state index contributed by atoms with van der Waals surface area (Å²) in [4.78, 5) is 43.4. The number of carboxylic acid groups (broad SMARTS) is 1. The van der Waals surface area contributed by atoms with Gasteiger partial charge >= 0.3 is 18.2 Å². The average molecular weight is 526 g/mol. The van der Waals surface area contributed by atoms with Crippen LogP contribution in [0.3, 0.4) is 0 Å². The second-order valence-electron chi connectivity index (χ2n) is 8.38. The van der Waals surface area contributed by atoms with Crippen LogP contribution in [0.25, 0.3) is 0 Å². The van der Waals surface area contributed by atoms with Gasteiger partial charge in [-0.1, -0.05) is 12.1 Å². The van der Waals surface area contributed by atoms with Crippen LogP contribution in [-0.4, -0.2) is 42.8 Å². The number of hydrogen-bond acceptors (Lipinski definition) is 5. The number of urea groups is 1. The minimum absolute atomic E-state index is 0.0678. The Hall–Kier alpha value is -4.94. The first-order chi connectivity index (χ1) is 17.9. The Morgan fingerprint density at radius 3 is 2.21 bits per heavy atom. The minimum Gasteiger partial charge on any atom is -0.476 e. The molecule has 0 aliphatic carbocycles. The van der Waals surface area contributed by atoms with E-state index in [0.717, 1.165) is 30.0 Å². The smallest absolute Gasteiger partial charge is 0.416 e. The number of aromatic carboxylic acids is 1. The van der Waals surface area contributed by atoms with E-state index >= 15 is 0 Å². The van der Waals surface area contributed by atoms with Crippen LogP contribution in [0.4, 0.5) is 29.5 Å². The van der Waals surface area contributed by atoms with Crippen molar-refractivity contribution in [3.05, 3.63) is 94.2 Å². The Labute approximate surface area is 213 Å². The monoisotopic (exact) mass is 526 g/mol. The molecule has 0 aliphatic heterocycles. The second kappa shape index (κ2) is 10.2. The van der Waals surface area contributed by atoms with Gasteiger partial charge in [-0.05, 0) is 61.9 Å². The fourth-order valence-corrected chi connectivity index (χ4v) is 3.68. The maximum absolute atomic E-state index is 12.7. The highest BCUT2D eigenvalue weighted by Gasteiger charge is 2.30. The third-order valence-corrected chi connectivity index (χ3v) is 5.44. The zero-order valence-electron chi connectivity index (χ0n) is 20.1. The lowest BCUT2D eigenvalue weighted by atomic mass is 10.1. The topological polar surface area (TPSA) is 142 Å². The number of carboxylic acids is 1. The number of aryl methyl sites for hydroxylation is 2. The Morgan fingerprint density at radius 2 is 1.66 bits per heavy atom. The zero-order chi connectivity index (χ0) is 27.6. The van der Waals surface area contributed by atoms with Crippen LogP contribution in [0.5, 0.6) is 0 Å². The van der Waals surface area contributed by atoms with E-state index in [1.54, 1.807) is 44.2 Å². The molecular weight excluding hydrogens is 505 g/mol. The summed E-state index contributed by atoms with van der Waals surface area (Å²) in [6.45, 7) is 3.56. The van der Waals surface area contributed by atoms with Gasteiger partial charge in [0.15, 0.2) is 11.5 Å². The number of aromatic nitrogens is 4. The highest BCUT2D eigenvalue weighted by molar-refractivity contribution is 6.03. The number of alkyl halides is 3. The fourth-order valence-electron chi connectivity index (χ4n) is 3.68. The first-order valence-corrected chi connectivity index (χ1v) is 11.1. The molecule has 38 heavy (non-hydrogen) atoms. The molecule has 0 saturated carbocycles. The molecule has 0 atom stereocenters. The molecule has 0 saturated heterocycles. The number of amides is 2. The van der Waals surface area contributed by atoms with Crippen molar-refractivity contribution in [1.29, 1.82) is 0 Å². The highest BCUT2D eigenvalue weighted by atomic mass is 19.4. The lowest BCUT2D eigenvalue weighted by molar-refractivity contribution is -0.137. The highest BCUT2D eigenvalue weighted by Crippen LogP contribution is 2.29. The number of aromatic amines is 1. The molecule has 2 aromatic heterocycles. The van der Waals surface area contributed by atoms with Crippen molar-refractivity contribution in [2.24, 2.45) is 0 Å². The molecule has 0 bridgehead atoms. The molecule has 4 N–H and O–H groups in total. The first-order valence-electron chi connectivity index (χ1n) is 11.1. The van der Waals surface area contributed by atoms with Gasteiger partial charge in [0.1, 0.15) is 5.82 Å². The van der Waals surface area contributed by atoms with E-state index < -0.39 is 23.7 Å². The molecule has 0 radical (unpaired) electrons. The van der Waals surface area contributed by atoms with Crippen molar-refractivity contribution in [2.75, 3.05) is 10.6 Å². The van der Waals surface area contributed by atoms with E-state index in [1.807, 2.05) is 0 Å². The number of imidazole rings is 1. The quantitative estimate of drug-likeness (QED) is 0.283. The molecule has 0 spiro atoms. The van der Waals surface area contributed by atoms with Crippen molar-refractivity contribution in [2.45, 2.75) is 26.4 Å². The van der Waals surface area contributed by atoms with E-state index in [9.17, 15) is 32.7 Å². The summed E-state index contributed by atoms with van der Waals surface area (Å²) >= 11 is 0. The van der Waals surface area contributed by atoms with Crippen LogP contribution in [0.2, 0.25) is 0 Å². The molecule has 0 unspecified atom stereocenters. The van der Waals surface area contributed by atoms with Gasteiger partial charge in [0.05, 0.1) is 11.3 Å². The molecule has 4 aromatic rings. The zero-order valence-corrected chi connectivity index (χ0v) is 20.1. The predicted octanol–water partition coefficient (Wildman–Crippen LogP) is 4.86. The van der Waals surface area contributed by atoms with Crippen LogP contribution in [-0.2, 0) is 12.6 Å².